The van der Waals surface area contributed by atoms with E-state index in [1.54, 1.807) is 12.1 Å². The molecule has 2 aromatic carbocycles. The fourth-order valence-electron chi connectivity index (χ4n) is 1.69. The number of para-hydroxylation sites is 2. The molecule has 0 atom stereocenters. The first-order valence-corrected chi connectivity index (χ1v) is 8.62. The Morgan fingerprint density at radius 3 is 2.48 bits per heavy atom. The molecule has 2 amide bonds. The molecule has 0 saturated heterocycles. The van der Waals surface area contributed by atoms with Crippen molar-refractivity contribution in [3.05, 3.63) is 56.6 Å². The predicted octanol–water partition coefficient (Wildman–Crippen LogP) is 3.19. The van der Waals surface area contributed by atoms with Crippen molar-refractivity contribution in [1.82, 2.24) is 5.32 Å². The zero-order valence-corrected chi connectivity index (χ0v) is 15.8. The van der Waals surface area contributed by atoms with E-state index in [-0.39, 0.29) is 25.0 Å². The van der Waals surface area contributed by atoms with Gasteiger partial charge in [-0.05, 0) is 62.8 Å². The van der Waals surface area contributed by atoms with E-state index in [1.165, 1.54) is 0 Å². The maximum absolute atomic E-state index is 11.8. The van der Waals surface area contributed by atoms with Crippen LogP contribution >= 0.6 is 38.5 Å². The number of ether oxygens (including phenoxy) is 1. The Balaban J connectivity index is 1.75. The minimum absolute atomic E-state index is 0.116. The van der Waals surface area contributed by atoms with Gasteiger partial charge in [0, 0.05) is 4.47 Å². The number of amides is 2. The molecule has 7 heteroatoms. The van der Waals surface area contributed by atoms with Crippen LogP contribution in [-0.2, 0) is 9.59 Å². The highest BCUT2D eigenvalue weighted by molar-refractivity contribution is 14.1. The van der Waals surface area contributed by atoms with Crippen LogP contribution in [0.25, 0.3) is 0 Å². The highest BCUT2D eigenvalue weighted by Crippen LogP contribution is 2.21. The Labute approximate surface area is 156 Å². The van der Waals surface area contributed by atoms with E-state index in [4.69, 9.17) is 4.74 Å². The zero-order valence-electron chi connectivity index (χ0n) is 12.0. The van der Waals surface area contributed by atoms with Crippen LogP contribution in [0.15, 0.2) is 53.0 Å². The maximum atomic E-state index is 11.8. The van der Waals surface area contributed by atoms with Gasteiger partial charge in [0.1, 0.15) is 5.75 Å². The Morgan fingerprint density at radius 2 is 1.74 bits per heavy atom. The number of hydrogen-bond acceptors (Lipinski definition) is 3. The van der Waals surface area contributed by atoms with E-state index in [1.807, 2.05) is 36.4 Å². The van der Waals surface area contributed by atoms with E-state index in [2.05, 4.69) is 49.2 Å². The summed E-state index contributed by atoms with van der Waals surface area (Å²) in [7, 11) is 0. The molecule has 0 aliphatic rings. The van der Waals surface area contributed by atoms with Crippen molar-refractivity contribution in [2.75, 3.05) is 18.5 Å². The van der Waals surface area contributed by atoms with Crippen LogP contribution in [0.4, 0.5) is 5.69 Å². The summed E-state index contributed by atoms with van der Waals surface area (Å²) in [5.41, 5.74) is 0.654. The van der Waals surface area contributed by atoms with Crippen molar-refractivity contribution < 1.29 is 14.3 Å². The number of anilines is 1. The SMILES string of the molecule is O=C(COc1ccccc1I)NCC(=O)Nc1ccccc1Br. The van der Waals surface area contributed by atoms with Crippen LogP contribution in [0.1, 0.15) is 0 Å². The topological polar surface area (TPSA) is 67.4 Å². The highest BCUT2D eigenvalue weighted by Gasteiger charge is 2.09. The van der Waals surface area contributed by atoms with Gasteiger partial charge in [0.25, 0.3) is 5.91 Å². The lowest BCUT2D eigenvalue weighted by Gasteiger charge is -2.10. The third-order valence-corrected chi connectivity index (χ3v) is 4.37. The molecular formula is C16H14BrIN2O3. The largest absolute Gasteiger partial charge is 0.483 e. The number of benzene rings is 2. The number of nitrogens with one attached hydrogen (secondary N) is 2. The third-order valence-electron chi connectivity index (χ3n) is 2.79. The van der Waals surface area contributed by atoms with Gasteiger partial charge in [0.05, 0.1) is 15.8 Å². The number of carbonyl (C=O) groups is 2. The van der Waals surface area contributed by atoms with Crippen LogP contribution in [0.5, 0.6) is 5.75 Å². The van der Waals surface area contributed by atoms with Crippen molar-refractivity contribution in [1.29, 1.82) is 0 Å². The molecule has 0 saturated carbocycles. The summed E-state index contributed by atoms with van der Waals surface area (Å²) in [6.07, 6.45) is 0. The molecule has 2 rings (SSSR count). The first-order valence-electron chi connectivity index (χ1n) is 6.74. The monoisotopic (exact) mass is 488 g/mol. The molecule has 0 spiro atoms. The number of hydrogen-bond donors (Lipinski definition) is 2. The van der Waals surface area contributed by atoms with E-state index >= 15 is 0 Å². The molecule has 2 aromatic rings. The van der Waals surface area contributed by atoms with E-state index in [0.717, 1.165) is 8.04 Å². The molecule has 0 fully saturated rings. The second kappa shape index (κ2) is 8.88. The van der Waals surface area contributed by atoms with Crippen LogP contribution in [0.2, 0.25) is 0 Å². The number of rotatable bonds is 6. The molecule has 0 aliphatic carbocycles. The van der Waals surface area contributed by atoms with Gasteiger partial charge in [-0.1, -0.05) is 24.3 Å². The molecule has 0 aliphatic heterocycles. The van der Waals surface area contributed by atoms with Crippen molar-refractivity contribution >= 4 is 56.0 Å². The van der Waals surface area contributed by atoms with Gasteiger partial charge < -0.3 is 15.4 Å². The first kappa shape index (κ1) is 17.7. The average molecular weight is 489 g/mol. The van der Waals surface area contributed by atoms with Crippen LogP contribution in [-0.4, -0.2) is 25.0 Å². The van der Waals surface area contributed by atoms with Gasteiger partial charge in [-0.2, -0.15) is 0 Å². The lowest BCUT2D eigenvalue weighted by Crippen LogP contribution is -2.35. The van der Waals surface area contributed by atoms with E-state index in [0.29, 0.717) is 11.4 Å². The van der Waals surface area contributed by atoms with Crippen LogP contribution in [0, 0.1) is 3.57 Å². The van der Waals surface area contributed by atoms with Gasteiger partial charge >= 0.3 is 0 Å². The summed E-state index contributed by atoms with van der Waals surface area (Å²) in [5.74, 6) is -0.0209. The Hall–Kier alpha value is -1.61. The second-order valence-corrected chi connectivity index (χ2v) is 6.54. The Kier molecular flexibility index (Phi) is 6.85. The van der Waals surface area contributed by atoms with Crippen molar-refractivity contribution in [2.45, 2.75) is 0 Å². The molecule has 2 N–H and O–H groups in total. The molecule has 0 radical (unpaired) electrons. The molecule has 0 unspecified atom stereocenters. The fourth-order valence-corrected chi connectivity index (χ4v) is 2.62. The lowest BCUT2D eigenvalue weighted by molar-refractivity contribution is -0.125. The van der Waals surface area contributed by atoms with Gasteiger partial charge in [-0.3, -0.25) is 9.59 Å². The fraction of sp³-hybridized carbons (Fsp3) is 0.125. The third kappa shape index (κ3) is 5.83. The first-order chi connectivity index (χ1) is 11.1. The van der Waals surface area contributed by atoms with E-state index < -0.39 is 0 Å². The Bertz CT molecular complexity index is 709. The molecule has 0 heterocycles. The summed E-state index contributed by atoms with van der Waals surface area (Å²) in [6, 6.07) is 14.7. The second-order valence-electron chi connectivity index (χ2n) is 4.52. The van der Waals surface area contributed by atoms with Gasteiger partial charge in [0.15, 0.2) is 6.61 Å². The smallest absolute Gasteiger partial charge is 0.258 e. The summed E-state index contributed by atoms with van der Waals surface area (Å²) < 4.78 is 7.11. The van der Waals surface area contributed by atoms with Gasteiger partial charge in [0.2, 0.25) is 5.91 Å². The van der Waals surface area contributed by atoms with Crippen LogP contribution < -0.4 is 15.4 Å². The molecular weight excluding hydrogens is 475 g/mol. The zero-order chi connectivity index (χ0) is 16.7. The number of halogens is 2. The maximum Gasteiger partial charge on any atom is 0.258 e. The highest BCUT2D eigenvalue weighted by atomic mass is 127. The van der Waals surface area contributed by atoms with Crippen molar-refractivity contribution in [3.63, 3.8) is 0 Å². The Morgan fingerprint density at radius 1 is 1.04 bits per heavy atom. The molecule has 0 aromatic heterocycles. The minimum Gasteiger partial charge on any atom is -0.483 e. The number of carbonyl (C=O) groups excluding carboxylic acids is 2. The standard InChI is InChI=1S/C16H14BrIN2O3/c17-11-5-1-3-7-13(11)20-15(21)9-19-16(22)10-23-14-8-4-2-6-12(14)18/h1-8H,9-10H2,(H,19,22)(H,20,21). The summed E-state index contributed by atoms with van der Waals surface area (Å²) in [4.78, 5) is 23.5. The van der Waals surface area contributed by atoms with Gasteiger partial charge in [-0.15, -0.1) is 0 Å². The lowest BCUT2D eigenvalue weighted by atomic mass is 10.3. The predicted molar refractivity (Wildman–Crippen MR) is 100 cm³/mol. The van der Waals surface area contributed by atoms with Crippen molar-refractivity contribution in [3.8, 4) is 5.75 Å². The van der Waals surface area contributed by atoms with E-state index in [9.17, 15) is 9.59 Å². The minimum atomic E-state index is -0.355. The van der Waals surface area contributed by atoms with Crippen molar-refractivity contribution in [2.24, 2.45) is 0 Å². The molecule has 5 nitrogen and oxygen atoms in total. The summed E-state index contributed by atoms with van der Waals surface area (Å²) in [5, 5.41) is 5.22. The molecule has 0 bridgehead atoms. The van der Waals surface area contributed by atoms with Crippen LogP contribution in [0.3, 0.4) is 0 Å². The molecule has 23 heavy (non-hydrogen) atoms. The quantitative estimate of drug-likeness (QED) is 0.613. The van der Waals surface area contributed by atoms with Gasteiger partial charge in [-0.25, -0.2) is 0 Å². The normalized spacial score (nSPS) is 10.0. The summed E-state index contributed by atoms with van der Waals surface area (Å²) >= 11 is 5.47. The molecule has 120 valence electrons. The average Bonchev–Trinajstić information content (AvgIpc) is 2.54. The summed E-state index contributed by atoms with van der Waals surface area (Å²) in [6.45, 7) is -0.252.